The average molecular weight is 296 g/mol. The summed E-state index contributed by atoms with van der Waals surface area (Å²) in [4.78, 5) is 18.7. The summed E-state index contributed by atoms with van der Waals surface area (Å²) >= 11 is 3.06. The Morgan fingerprint density at radius 1 is 1.35 bits per heavy atom. The Balaban J connectivity index is 2.50. The molecule has 0 saturated heterocycles. The Kier molecular flexibility index (Phi) is 3.53. The lowest BCUT2D eigenvalue weighted by Gasteiger charge is -2.10. The van der Waals surface area contributed by atoms with Crippen LogP contribution >= 0.6 is 15.9 Å². The lowest BCUT2D eigenvalue weighted by atomic mass is 10.0. The number of benzene rings is 1. The van der Waals surface area contributed by atoms with Crippen LogP contribution in [0.4, 0.5) is 4.39 Å². The van der Waals surface area contributed by atoms with Crippen molar-refractivity contribution in [1.29, 1.82) is 0 Å². The van der Waals surface area contributed by atoms with Gasteiger partial charge in [0.2, 0.25) is 0 Å². The molecule has 2 aromatic rings. The average Bonchev–Trinajstić information content (AvgIpc) is 2.37. The van der Waals surface area contributed by atoms with Crippen molar-refractivity contribution in [2.24, 2.45) is 5.18 Å². The summed E-state index contributed by atoms with van der Waals surface area (Å²) in [6.45, 7) is 0. The van der Waals surface area contributed by atoms with E-state index >= 15 is 0 Å². The lowest BCUT2D eigenvalue weighted by Crippen LogP contribution is -2.03. The Bertz CT molecular complexity index is 535. The molecule has 6 heteroatoms. The molecule has 2 rings (SSSR count). The first-order valence-electron chi connectivity index (χ1n) is 4.76. The number of hydrogen-bond acceptors (Lipinski definition) is 4. The van der Waals surface area contributed by atoms with Crippen LogP contribution in [0, 0.1) is 10.7 Å². The fourth-order valence-corrected chi connectivity index (χ4v) is 1.84. The SMILES string of the molecule is O=NC(c1cnccn1)c1cccc(Br)c1F. The minimum Gasteiger partial charge on any atom is -0.261 e. The second-order valence-electron chi connectivity index (χ2n) is 3.28. The normalized spacial score (nSPS) is 12.1. The third kappa shape index (κ3) is 2.36. The van der Waals surface area contributed by atoms with Gasteiger partial charge in [-0.15, -0.1) is 4.91 Å². The molecule has 0 aliphatic rings. The van der Waals surface area contributed by atoms with Crippen LogP contribution in [-0.2, 0) is 0 Å². The van der Waals surface area contributed by atoms with E-state index in [-0.39, 0.29) is 10.0 Å². The highest BCUT2D eigenvalue weighted by molar-refractivity contribution is 9.10. The quantitative estimate of drug-likeness (QED) is 0.817. The lowest BCUT2D eigenvalue weighted by molar-refractivity contribution is 0.590. The van der Waals surface area contributed by atoms with Gasteiger partial charge < -0.3 is 0 Å². The Morgan fingerprint density at radius 2 is 2.18 bits per heavy atom. The molecule has 4 nitrogen and oxygen atoms in total. The van der Waals surface area contributed by atoms with Gasteiger partial charge in [-0.3, -0.25) is 9.97 Å². The molecule has 0 aliphatic carbocycles. The van der Waals surface area contributed by atoms with Crippen molar-refractivity contribution >= 4 is 15.9 Å². The summed E-state index contributed by atoms with van der Waals surface area (Å²) in [6.07, 6.45) is 4.30. The molecule has 0 N–H and O–H groups in total. The fraction of sp³-hybridized carbons (Fsp3) is 0.0909. The topological polar surface area (TPSA) is 55.2 Å². The van der Waals surface area contributed by atoms with Crippen LogP contribution in [0.25, 0.3) is 0 Å². The van der Waals surface area contributed by atoms with Crippen LogP contribution < -0.4 is 0 Å². The van der Waals surface area contributed by atoms with Gasteiger partial charge in [0, 0.05) is 18.0 Å². The Hall–Kier alpha value is -1.69. The summed E-state index contributed by atoms with van der Waals surface area (Å²) < 4.78 is 14.1. The number of hydrogen-bond donors (Lipinski definition) is 0. The second-order valence-corrected chi connectivity index (χ2v) is 4.14. The smallest absolute Gasteiger partial charge is 0.163 e. The van der Waals surface area contributed by atoms with Crippen LogP contribution in [0.2, 0.25) is 0 Å². The first-order valence-corrected chi connectivity index (χ1v) is 5.55. The molecule has 1 aromatic heterocycles. The molecule has 0 radical (unpaired) electrons. The maximum Gasteiger partial charge on any atom is 0.163 e. The number of nitrogens with zero attached hydrogens (tertiary/aromatic N) is 3. The summed E-state index contributed by atoms with van der Waals surface area (Å²) in [7, 11) is 0. The van der Waals surface area contributed by atoms with E-state index in [2.05, 4.69) is 31.1 Å². The van der Waals surface area contributed by atoms with Crippen LogP contribution in [0.5, 0.6) is 0 Å². The third-order valence-corrected chi connectivity index (χ3v) is 2.86. The van der Waals surface area contributed by atoms with E-state index in [9.17, 15) is 9.30 Å². The number of rotatable bonds is 3. The molecule has 1 heterocycles. The van der Waals surface area contributed by atoms with Crippen molar-refractivity contribution in [3.05, 3.63) is 63.2 Å². The Morgan fingerprint density at radius 3 is 2.82 bits per heavy atom. The molecular weight excluding hydrogens is 289 g/mol. The van der Waals surface area contributed by atoms with Gasteiger partial charge >= 0.3 is 0 Å². The van der Waals surface area contributed by atoms with Crippen molar-refractivity contribution in [2.75, 3.05) is 0 Å². The van der Waals surface area contributed by atoms with E-state index in [0.29, 0.717) is 5.69 Å². The predicted molar refractivity (Wildman–Crippen MR) is 63.8 cm³/mol. The van der Waals surface area contributed by atoms with Crippen molar-refractivity contribution < 1.29 is 4.39 Å². The van der Waals surface area contributed by atoms with Gasteiger partial charge in [0.1, 0.15) is 5.82 Å². The zero-order chi connectivity index (χ0) is 12.3. The van der Waals surface area contributed by atoms with Crippen molar-refractivity contribution in [1.82, 2.24) is 9.97 Å². The third-order valence-electron chi connectivity index (χ3n) is 2.24. The van der Waals surface area contributed by atoms with Crippen molar-refractivity contribution in [3.63, 3.8) is 0 Å². The zero-order valence-electron chi connectivity index (χ0n) is 8.55. The maximum atomic E-state index is 13.8. The highest BCUT2D eigenvalue weighted by atomic mass is 79.9. The van der Waals surface area contributed by atoms with Gasteiger partial charge in [-0.05, 0) is 22.0 Å². The van der Waals surface area contributed by atoms with E-state index in [1.54, 1.807) is 12.1 Å². The molecular formula is C11H7BrFN3O. The first kappa shape index (κ1) is 11.8. The molecule has 0 spiro atoms. The van der Waals surface area contributed by atoms with Crippen LogP contribution in [0.15, 0.2) is 46.4 Å². The van der Waals surface area contributed by atoms with E-state index in [1.807, 2.05) is 0 Å². The van der Waals surface area contributed by atoms with Crippen LogP contribution in [0.3, 0.4) is 0 Å². The highest BCUT2D eigenvalue weighted by Gasteiger charge is 2.21. The van der Waals surface area contributed by atoms with Gasteiger partial charge in [-0.25, -0.2) is 4.39 Å². The van der Waals surface area contributed by atoms with E-state index < -0.39 is 11.9 Å². The van der Waals surface area contributed by atoms with Gasteiger partial charge in [0.25, 0.3) is 0 Å². The summed E-state index contributed by atoms with van der Waals surface area (Å²) in [5.74, 6) is -0.511. The molecule has 1 atom stereocenters. The summed E-state index contributed by atoms with van der Waals surface area (Å²) in [6, 6.07) is 3.70. The fourth-order valence-electron chi connectivity index (χ4n) is 1.45. The molecule has 17 heavy (non-hydrogen) atoms. The predicted octanol–water partition coefficient (Wildman–Crippen LogP) is 3.23. The molecule has 0 bridgehead atoms. The van der Waals surface area contributed by atoms with E-state index in [0.717, 1.165) is 0 Å². The summed E-state index contributed by atoms with van der Waals surface area (Å²) in [5.41, 5.74) is 0.495. The van der Waals surface area contributed by atoms with Gasteiger partial charge in [-0.1, -0.05) is 17.3 Å². The molecule has 1 aromatic carbocycles. The number of aromatic nitrogens is 2. The van der Waals surface area contributed by atoms with E-state index in [4.69, 9.17) is 0 Å². The standard InChI is InChI=1S/C11H7BrFN3O/c12-8-3-1-2-7(10(8)13)11(16-17)9-6-14-4-5-15-9/h1-6,11H. The van der Waals surface area contributed by atoms with Crippen molar-refractivity contribution in [3.8, 4) is 0 Å². The van der Waals surface area contributed by atoms with E-state index in [1.165, 1.54) is 24.7 Å². The number of halogens is 2. The van der Waals surface area contributed by atoms with Crippen LogP contribution in [-0.4, -0.2) is 9.97 Å². The van der Waals surface area contributed by atoms with Gasteiger partial charge in [-0.2, -0.15) is 0 Å². The van der Waals surface area contributed by atoms with Crippen LogP contribution in [0.1, 0.15) is 17.3 Å². The molecule has 86 valence electrons. The zero-order valence-corrected chi connectivity index (χ0v) is 10.1. The highest BCUT2D eigenvalue weighted by Crippen LogP contribution is 2.29. The number of nitroso groups, excluding NO2 is 1. The second kappa shape index (κ2) is 5.09. The minimum atomic E-state index is -0.985. The monoisotopic (exact) mass is 295 g/mol. The molecule has 0 aliphatic heterocycles. The van der Waals surface area contributed by atoms with Crippen molar-refractivity contribution in [2.45, 2.75) is 6.04 Å². The van der Waals surface area contributed by atoms with Gasteiger partial charge in [0.05, 0.1) is 16.4 Å². The molecule has 0 saturated carbocycles. The first-order chi connectivity index (χ1) is 8.24. The minimum absolute atomic E-state index is 0.176. The summed E-state index contributed by atoms with van der Waals surface area (Å²) in [5, 5.41) is 2.92. The molecule has 0 amide bonds. The molecule has 1 unspecified atom stereocenters. The van der Waals surface area contributed by atoms with Gasteiger partial charge in [0.15, 0.2) is 6.04 Å². The maximum absolute atomic E-state index is 13.8. The molecule has 0 fully saturated rings. The Labute approximate surface area is 105 Å². The largest absolute Gasteiger partial charge is 0.261 e.